The number of hydrogen-bond donors (Lipinski definition) is 1. The van der Waals surface area contributed by atoms with Crippen molar-refractivity contribution in [1.82, 2.24) is 4.98 Å². The Morgan fingerprint density at radius 3 is 2.56 bits per heavy atom. The van der Waals surface area contributed by atoms with E-state index in [1.165, 1.54) is 24.5 Å². The Bertz CT molecular complexity index is 977. The van der Waals surface area contributed by atoms with Gasteiger partial charge in [0.15, 0.2) is 15.6 Å². The Balaban J connectivity index is 1.80. The van der Waals surface area contributed by atoms with Gasteiger partial charge < -0.3 is 9.73 Å². The van der Waals surface area contributed by atoms with Crippen LogP contribution in [0, 0.1) is 6.92 Å². The molecule has 0 saturated heterocycles. The number of aryl methyl sites for hydroxylation is 1. The molecule has 0 aliphatic heterocycles. The number of nitrogens with one attached hydrogen (secondary N) is 1. The van der Waals surface area contributed by atoms with Crippen molar-refractivity contribution in [3.8, 4) is 0 Å². The van der Waals surface area contributed by atoms with Crippen molar-refractivity contribution in [3.05, 3.63) is 77.9 Å². The molecular weight excluding hydrogens is 340 g/mol. The largest absolute Gasteiger partial charge is 0.459 e. The maximum Gasteiger partial charge on any atom is 0.292 e. The summed E-state index contributed by atoms with van der Waals surface area (Å²) in [5, 5.41) is 2.60. The predicted molar refractivity (Wildman–Crippen MR) is 93.0 cm³/mol. The van der Waals surface area contributed by atoms with Crippen LogP contribution in [-0.2, 0) is 15.6 Å². The summed E-state index contributed by atoms with van der Waals surface area (Å²) < 4.78 is 30.2. The molecule has 2 aromatic heterocycles. The molecule has 1 aromatic carbocycles. The number of anilines is 1. The quantitative estimate of drug-likeness (QED) is 0.758. The average Bonchev–Trinajstić information content (AvgIpc) is 3.05. The Kier molecular flexibility index (Phi) is 4.67. The molecule has 3 rings (SSSR count). The van der Waals surface area contributed by atoms with Crippen LogP contribution in [0.5, 0.6) is 0 Å². The van der Waals surface area contributed by atoms with Crippen LogP contribution < -0.4 is 5.32 Å². The van der Waals surface area contributed by atoms with E-state index >= 15 is 0 Å². The van der Waals surface area contributed by atoms with Gasteiger partial charge in [-0.25, -0.2) is 13.4 Å². The third-order valence-corrected chi connectivity index (χ3v) is 5.24. The summed E-state index contributed by atoms with van der Waals surface area (Å²) in [7, 11) is -3.57. The number of sulfone groups is 1. The van der Waals surface area contributed by atoms with Crippen molar-refractivity contribution in [2.75, 3.05) is 5.32 Å². The maximum absolute atomic E-state index is 12.5. The molecule has 1 N–H and O–H groups in total. The van der Waals surface area contributed by atoms with E-state index in [1.807, 2.05) is 13.0 Å². The molecule has 0 aliphatic carbocycles. The number of hydrogen-bond acceptors (Lipinski definition) is 5. The van der Waals surface area contributed by atoms with Crippen LogP contribution >= 0.6 is 0 Å². The summed E-state index contributed by atoms with van der Waals surface area (Å²) in [6, 6.07) is 13.0. The normalized spacial score (nSPS) is 11.2. The lowest BCUT2D eigenvalue weighted by molar-refractivity contribution is 0.0995. The van der Waals surface area contributed by atoms with E-state index in [0.29, 0.717) is 11.4 Å². The molecule has 0 spiro atoms. The number of pyridine rings is 1. The highest BCUT2D eigenvalue weighted by atomic mass is 32.2. The minimum Gasteiger partial charge on any atom is -0.459 e. The van der Waals surface area contributed by atoms with Gasteiger partial charge in [0.25, 0.3) is 5.91 Å². The van der Waals surface area contributed by atoms with Gasteiger partial charge >= 0.3 is 0 Å². The molecule has 0 bridgehead atoms. The van der Waals surface area contributed by atoms with Crippen LogP contribution in [0.25, 0.3) is 0 Å². The Morgan fingerprint density at radius 2 is 1.88 bits per heavy atom. The number of carbonyl (C=O) groups is 1. The Morgan fingerprint density at radius 1 is 1.12 bits per heavy atom. The first-order valence-corrected chi connectivity index (χ1v) is 9.19. The van der Waals surface area contributed by atoms with Crippen LogP contribution in [0.15, 0.2) is 70.3 Å². The Labute approximate surface area is 145 Å². The highest BCUT2D eigenvalue weighted by Crippen LogP contribution is 2.20. The van der Waals surface area contributed by atoms with Gasteiger partial charge in [-0.1, -0.05) is 24.3 Å². The standard InChI is InChI=1S/C18H16N2O4S/c1-13-7-8-16(19-11-13)20-18(21)17-14(9-10-24-17)12-25(22,23)15-5-3-2-4-6-15/h2-11H,12H2,1H3,(H,19,20,21). The number of aromatic nitrogens is 1. The molecule has 0 atom stereocenters. The van der Waals surface area contributed by atoms with Crippen LogP contribution in [0.4, 0.5) is 5.82 Å². The molecule has 0 saturated carbocycles. The molecule has 0 radical (unpaired) electrons. The van der Waals surface area contributed by atoms with E-state index in [1.54, 1.807) is 30.5 Å². The summed E-state index contributed by atoms with van der Waals surface area (Å²) in [5.74, 6) is -0.539. The maximum atomic E-state index is 12.5. The molecule has 6 nitrogen and oxygen atoms in total. The summed E-state index contributed by atoms with van der Waals surface area (Å²) in [6.45, 7) is 1.89. The van der Waals surface area contributed by atoms with Crippen molar-refractivity contribution in [1.29, 1.82) is 0 Å². The van der Waals surface area contributed by atoms with Crippen LogP contribution in [0.2, 0.25) is 0 Å². The van der Waals surface area contributed by atoms with Crippen molar-refractivity contribution in [2.24, 2.45) is 0 Å². The number of benzene rings is 1. The molecule has 0 aliphatic rings. The van der Waals surface area contributed by atoms with Crippen molar-refractivity contribution >= 4 is 21.6 Å². The molecule has 1 amide bonds. The molecule has 0 unspecified atom stereocenters. The van der Waals surface area contributed by atoms with Gasteiger partial charge in [-0.15, -0.1) is 0 Å². The van der Waals surface area contributed by atoms with Crippen molar-refractivity contribution in [2.45, 2.75) is 17.6 Å². The zero-order valence-electron chi connectivity index (χ0n) is 13.5. The molecule has 128 valence electrons. The van der Waals surface area contributed by atoms with Crippen LogP contribution in [0.1, 0.15) is 21.7 Å². The van der Waals surface area contributed by atoms with Gasteiger partial charge in [0, 0.05) is 11.8 Å². The molecule has 2 heterocycles. The topological polar surface area (TPSA) is 89.3 Å². The highest BCUT2D eigenvalue weighted by molar-refractivity contribution is 7.90. The van der Waals surface area contributed by atoms with Crippen LogP contribution in [0.3, 0.4) is 0 Å². The fraction of sp³-hybridized carbons (Fsp3) is 0.111. The average molecular weight is 356 g/mol. The van der Waals surface area contributed by atoms with Gasteiger partial charge in [0.05, 0.1) is 16.9 Å². The second-order valence-electron chi connectivity index (χ2n) is 5.52. The van der Waals surface area contributed by atoms with Gasteiger partial charge in [-0.2, -0.15) is 0 Å². The lowest BCUT2D eigenvalue weighted by atomic mass is 10.2. The predicted octanol–water partition coefficient (Wildman–Crippen LogP) is 3.21. The third kappa shape index (κ3) is 3.95. The van der Waals surface area contributed by atoms with Crippen molar-refractivity contribution in [3.63, 3.8) is 0 Å². The van der Waals surface area contributed by atoms with E-state index in [0.717, 1.165) is 5.56 Å². The fourth-order valence-corrected chi connectivity index (χ4v) is 3.65. The zero-order chi connectivity index (χ0) is 17.9. The Hall–Kier alpha value is -2.93. The minimum atomic E-state index is -3.57. The fourth-order valence-electron chi connectivity index (χ4n) is 2.28. The van der Waals surface area contributed by atoms with E-state index in [-0.39, 0.29) is 16.4 Å². The number of rotatable bonds is 5. The third-order valence-electron chi connectivity index (χ3n) is 3.55. The van der Waals surface area contributed by atoms with Crippen LogP contribution in [-0.4, -0.2) is 19.3 Å². The SMILES string of the molecule is Cc1ccc(NC(=O)c2occc2CS(=O)(=O)c2ccccc2)nc1. The van der Waals surface area contributed by atoms with Gasteiger partial charge in [0.1, 0.15) is 5.82 Å². The summed E-state index contributed by atoms with van der Waals surface area (Å²) in [6.07, 6.45) is 2.92. The van der Waals surface area contributed by atoms with E-state index in [4.69, 9.17) is 4.42 Å². The number of nitrogens with zero attached hydrogens (tertiary/aromatic N) is 1. The van der Waals surface area contributed by atoms with E-state index < -0.39 is 15.7 Å². The van der Waals surface area contributed by atoms with Gasteiger partial charge in [-0.05, 0) is 36.8 Å². The van der Waals surface area contributed by atoms with E-state index in [2.05, 4.69) is 10.3 Å². The second-order valence-corrected chi connectivity index (χ2v) is 7.51. The second kappa shape index (κ2) is 6.90. The van der Waals surface area contributed by atoms with E-state index in [9.17, 15) is 13.2 Å². The molecule has 25 heavy (non-hydrogen) atoms. The van der Waals surface area contributed by atoms with Gasteiger partial charge in [-0.3, -0.25) is 4.79 Å². The van der Waals surface area contributed by atoms with Gasteiger partial charge in [0.2, 0.25) is 0 Å². The summed E-state index contributed by atoms with van der Waals surface area (Å²) >= 11 is 0. The number of amides is 1. The molecular formula is C18H16N2O4S. The summed E-state index contributed by atoms with van der Waals surface area (Å²) in [4.78, 5) is 16.6. The minimum absolute atomic E-state index is 0.0399. The smallest absolute Gasteiger partial charge is 0.292 e. The first-order chi connectivity index (χ1) is 12.0. The molecule has 0 fully saturated rings. The highest BCUT2D eigenvalue weighted by Gasteiger charge is 2.22. The first-order valence-electron chi connectivity index (χ1n) is 7.54. The lowest BCUT2D eigenvalue weighted by Crippen LogP contribution is -2.15. The first kappa shape index (κ1) is 16.9. The summed E-state index contributed by atoms with van der Waals surface area (Å²) in [5.41, 5.74) is 1.26. The molecule has 3 aromatic rings. The lowest BCUT2D eigenvalue weighted by Gasteiger charge is -2.06. The number of carbonyl (C=O) groups excluding carboxylic acids is 1. The number of furan rings is 1. The van der Waals surface area contributed by atoms with Crippen molar-refractivity contribution < 1.29 is 17.6 Å². The molecule has 7 heteroatoms. The zero-order valence-corrected chi connectivity index (χ0v) is 14.3. The monoisotopic (exact) mass is 356 g/mol.